The van der Waals surface area contributed by atoms with Crippen LogP contribution in [-0.2, 0) is 16.2 Å². The molecule has 1 amide bonds. The van der Waals surface area contributed by atoms with E-state index in [1.54, 1.807) is 36.4 Å². The van der Waals surface area contributed by atoms with Gasteiger partial charge in [-0.25, -0.2) is 4.79 Å². The predicted octanol–water partition coefficient (Wildman–Crippen LogP) is 6.36. The van der Waals surface area contributed by atoms with E-state index in [1.165, 1.54) is 0 Å². The van der Waals surface area contributed by atoms with Crippen molar-refractivity contribution in [3.63, 3.8) is 0 Å². The molecule has 1 unspecified atom stereocenters. The number of aryl methyl sites for hydroxylation is 1. The van der Waals surface area contributed by atoms with Gasteiger partial charge in [-0.3, -0.25) is 9.69 Å². The molecule has 1 heterocycles. The minimum atomic E-state index is -1.20. The zero-order valence-electron chi connectivity index (χ0n) is 18.1. The summed E-state index contributed by atoms with van der Waals surface area (Å²) in [5, 5.41) is 9.87. The van der Waals surface area contributed by atoms with Gasteiger partial charge in [0.2, 0.25) is 0 Å². The fourth-order valence-corrected chi connectivity index (χ4v) is 5.25. The number of amides is 1. The summed E-state index contributed by atoms with van der Waals surface area (Å²) in [5.41, 5.74) is 3.37. The highest BCUT2D eigenvalue weighted by Crippen LogP contribution is 2.39. The van der Waals surface area contributed by atoms with Gasteiger partial charge in [0.1, 0.15) is 16.7 Å². The minimum absolute atomic E-state index is 0.199. The minimum Gasteiger partial charge on any atom is -0.488 e. The molecule has 172 valence electrons. The Bertz CT molecular complexity index is 1290. The highest BCUT2D eigenvalue weighted by Gasteiger charge is 2.41. The van der Waals surface area contributed by atoms with Crippen molar-refractivity contribution in [1.29, 1.82) is 0 Å². The lowest BCUT2D eigenvalue weighted by Crippen LogP contribution is -2.37. The molecule has 1 N–H and O–H groups in total. The standard InChI is InChI=1S/C26H20BrNO4S2/c1-16-7-5-6-10-18(16)15-32-21-12-11-20(27)13-19(21)14-22-24(29)28(26(33)34-22)23(25(30)31)17-8-3-2-4-9-17/h2-14,23H,15H2,1H3,(H,30,31)/b22-14+. The van der Waals surface area contributed by atoms with Crippen LogP contribution in [0.2, 0.25) is 0 Å². The molecule has 0 aliphatic carbocycles. The highest BCUT2D eigenvalue weighted by molar-refractivity contribution is 9.10. The zero-order valence-corrected chi connectivity index (χ0v) is 21.3. The number of ether oxygens (including phenoxy) is 1. The lowest BCUT2D eigenvalue weighted by molar-refractivity contribution is -0.145. The molecule has 4 rings (SSSR count). The van der Waals surface area contributed by atoms with Crippen molar-refractivity contribution < 1.29 is 19.4 Å². The quantitative estimate of drug-likeness (QED) is 0.271. The lowest BCUT2D eigenvalue weighted by Gasteiger charge is -2.23. The Morgan fingerprint density at radius 2 is 1.85 bits per heavy atom. The number of rotatable bonds is 7. The Balaban J connectivity index is 1.64. The Hall–Kier alpha value is -2.94. The number of hydrogen-bond donors (Lipinski definition) is 1. The van der Waals surface area contributed by atoms with Crippen LogP contribution < -0.4 is 4.74 Å². The third-order valence-electron chi connectivity index (χ3n) is 5.33. The maximum absolute atomic E-state index is 13.3. The lowest BCUT2D eigenvalue weighted by atomic mass is 10.1. The number of carbonyl (C=O) groups excluding carboxylic acids is 1. The summed E-state index contributed by atoms with van der Waals surface area (Å²) in [6.07, 6.45) is 1.70. The van der Waals surface area contributed by atoms with Crippen LogP contribution in [-0.4, -0.2) is 26.2 Å². The monoisotopic (exact) mass is 553 g/mol. The molecule has 0 saturated carbocycles. The van der Waals surface area contributed by atoms with Crippen LogP contribution in [0, 0.1) is 6.92 Å². The smallest absolute Gasteiger partial charge is 0.331 e. The molecular weight excluding hydrogens is 534 g/mol. The number of thioether (sulfide) groups is 1. The van der Waals surface area contributed by atoms with Gasteiger partial charge in [-0.2, -0.15) is 0 Å². The summed E-state index contributed by atoms with van der Waals surface area (Å²) in [6, 6.07) is 20.9. The number of carboxylic acid groups (broad SMARTS) is 1. The van der Waals surface area contributed by atoms with Crippen LogP contribution in [0.4, 0.5) is 0 Å². The van der Waals surface area contributed by atoms with Gasteiger partial charge in [0.15, 0.2) is 6.04 Å². The van der Waals surface area contributed by atoms with Gasteiger partial charge in [-0.1, -0.05) is 94.5 Å². The molecule has 1 atom stereocenters. The van der Waals surface area contributed by atoms with E-state index in [9.17, 15) is 14.7 Å². The molecule has 0 bridgehead atoms. The third kappa shape index (κ3) is 5.24. The molecule has 0 spiro atoms. The van der Waals surface area contributed by atoms with Crippen LogP contribution >= 0.6 is 39.9 Å². The second kappa shape index (κ2) is 10.5. The predicted molar refractivity (Wildman–Crippen MR) is 141 cm³/mol. The SMILES string of the molecule is Cc1ccccc1COc1ccc(Br)cc1/C=C1/SC(=S)N(C(C(=O)O)c2ccccc2)C1=O. The molecule has 5 nitrogen and oxygen atoms in total. The van der Waals surface area contributed by atoms with Crippen molar-refractivity contribution in [1.82, 2.24) is 4.90 Å². The van der Waals surface area contributed by atoms with E-state index in [0.29, 0.717) is 28.4 Å². The summed E-state index contributed by atoms with van der Waals surface area (Å²) in [5.74, 6) is -0.987. The van der Waals surface area contributed by atoms with Gasteiger partial charge in [-0.15, -0.1) is 0 Å². The Morgan fingerprint density at radius 3 is 2.56 bits per heavy atom. The van der Waals surface area contributed by atoms with Crippen LogP contribution in [0.1, 0.15) is 28.3 Å². The van der Waals surface area contributed by atoms with Crippen molar-refractivity contribution in [2.24, 2.45) is 0 Å². The first-order valence-corrected chi connectivity index (χ1v) is 12.4. The van der Waals surface area contributed by atoms with E-state index in [1.807, 2.05) is 49.4 Å². The van der Waals surface area contributed by atoms with Crippen LogP contribution in [0.5, 0.6) is 5.75 Å². The average Bonchev–Trinajstić information content (AvgIpc) is 3.08. The molecule has 1 fully saturated rings. The molecular formula is C26H20BrNO4S2. The van der Waals surface area contributed by atoms with E-state index >= 15 is 0 Å². The summed E-state index contributed by atoms with van der Waals surface area (Å²) in [4.78, 5) is 26.9. The fraction of sp³-hybridized carbons (Fsp3) is 0.115. The van der Waals surface area contributed by atoms with Crippen molar-refractivity contribution in [2.75, 3.05) is 0 Å². The summed E-state index contributed by atoms with van der Waals surface area (Å²) < 4.78 is 7.11. The Kier molecular flexibility index (Phi) is 7.50. The number of carboxylic acids is 1. The van der Waals surface area contributed by atoms with E-state index in [4.69, 9.17) is 17.0 Å². The largest absolute Gasteiger partial charge is 0.488 e. The van der Waals surface area contributed by atoms with Gasteiger partial charge >= 0.3 is 5.97 Å². The molecule has 8 heteroatoms. The van der Waals surface area contributed by atoms with Gasteiger partial charge in [0.25, 0.3) is 5.91 Å². The maximum Gasteiger partial charge on any atom is 0.331 e. The number of thiocarbonyl (C=S) groups is 1. The first kappa shape index (κ1) is 24.2. The molecule has 34 heavy (non-hydrogen) atoms. The van der Waals surface area contributed by atoms with Crippen molar-refractivity contribution >= 4 is 62.2 Å². The summed E-state index contributed by atoms with van der Waals surface area (Å²) >= 11 is 9.98. The molecule has 0 aromatic heterocycles. The van der Waals surface area contributed by atoms with Crippen LogP contribution in [0.3, 0.4) is 0 Å². The average molecular weight is 554 g/mol. The molecule has 0 radical (unpaired) electrons. The highest BCUT2D eigenvalue weighted by atomic mass is 79.9. The molecule has 1 aliphatic heterocycles. The molecule has 3 aromatic carbocycles. The second-order valence-electron chi connectivity index (χ2n) is 7.60. The first-order valence-electron chi connectivity index (χ1n) is 10.4. The van der Waals surface area contributed by atoms with Crippen molar-refractivity contribution in [3.05, 3.63) is 104 Å². The maximum atomic E-state index is 13.3. The summed E-state index contributed by atoms with van der Waals surface area (Å²) in [6.45, 7) is 2.41. The van der Waals surface area contributed by atoms with Crippen molar-refractivity contribution in [3.8, 4) is 5.75 Å². The number of carbonyl (C=O) groups is 2. The number of nitrogens with zero attached hydrogens (tertiary/aromatic N) is 1. The van der Waals surface area contributed by atoms with Gasteiger partial charge in [-0.05, 0) is 47.9 Å². The van der Waals surface area contributed by atoms with Gasteiger partial charge < -0.3 is 9.84 Å². The third-order valence-corrected chi connectivity index (χ3v) is 7.16. The number of aliphatic carboxylic acids is 1. The first-order chi connectivity index (χ1) is 16.3. The number of hydrogen-bond acceptors (Lipinski definition) is 5. The number of halogens is 1. The topological polar surface area (TPSA) is 66.8 Å². The molecule has 3 aromatic rings. The normalized spacial score (nSPS) is 15.6. The number of benzene rings is 3. The molecule has 1 saturated heterocycles. The fourth-order valence-electron chi connectivity index (χ4n) is 3.57. The van der Waals surface area contributed by atoms with Crippen LogP contribution in [0.25, 0.3) is 6.08 Å². The van der Waals surface area contributed by atoms with Gasteiger partial charge in [0.05, 0.1) is 4.91 Å². The zero-order chi connectivity index (χ0) is 24.2. The van der Waals surface area contributed by atoms with E-state index in [2.05, 4.69) is 15.9 Å². The Labute approximate surface area is 215 Å². The van der Waals surface area contributed by atoms with E-state index in [-0.39, 0.29) is 4.32 Å². The van der Waals surface area contributed by atoms with Crippen LogP contribution in [0.15, 0.2) is 82.2 Å². The van der Waals surface area contributed by atoms with E-state index < -0.39 is 17.9 Å². The van der Waals surface area contributed by atoms with E-state index in [0.717, 1.165) is 32.3 Å². The second-order valence-corrected chi connectivity index (χ2v) is 10.2. The van der Waals surface area contributed by atoms with Crippen molar-refractivity contribution in [2.45, 2.75) is 19.6 Å². The van der Waals surface area contributed by atoms with Gasteiger partial charge in [0, 0.05) is 10.0 Å². The Morgan fingerprint density at radius 1 is 1.15 bits per heavy atom. The summed E-state index contributed by atoms with van der Waals surface area (Å²) in [7, 11) is 0. The molecule has 1 aliphatic rings.